The van der Waals surface area contributed by atoms with Crippen molar-refractivity contribution in [3.05, 3.63) is 34.5 Å². The van der Waals surface area contributed by atoms with E-state index in [1.165, 1.54) is 16.5 Å². The van der Waals surface area contributed by atoms with Crippen LogP contribution in [-0.4, -0.2) is 54.4 Å². The van der Waals surface area contributed by atoms with E-state index in [0.717, 1.165) is 36.4 Å². The van der Waals surface area contributed by atoms with Gasteiger partial charge in [0.05, 0.1) is 6.42 Å². The monoisotopic (exact) mass is 315 g/mol. The van der Waals surface area contributed by atoms with Crippen molar-refractivity contribution in [1.29, 1.82) is 0 Å². The minimum absolute atomic E-state index is 0.207. The maximum absolute atomic E-state index is 12.7. The quantitative estimate of drug-likeness (QED) is 0.890. The third-order valence-corrected chi connectivity index (χ3v) is 4.44. The van der Waals surface area contributed by atoms with E-state index in [-0.39, 0.29) is 5.91 Å². The van der Waals surface area contributed by atoms with Gasteiger partial charge in [-0.3, -0.25) is 4.79 Å². The van der Waals surface area contributed by atoms with Crippen molar-refractivity contribution in [2.75, 3.05) is 33.7 Å². The third-order valence-electron chi connectivity index (χ3n) is 4.44. The maximum atomic E-state index is 12.7. The van der Waals surface area contributed by atoms with E-state index in [4.69, 9.17) is 0 Å². The molecule has 0 aliphatic carbocycles. The van der Waals surface area contributed by atoms with Crippen molar-refractivity contribution < 1.29 is 4.79 Å². The number of aromatic nitrogens is 1. The summed E-state index contributed by atoms with van der Waals surface area (Å²) in [5.41, 5.74) is 5.87. The molecule has 1 aromatic carbocycles. The van der Waals surface area contributed by atoms with Crippen LogP contribution in [-0.2, 0) is 11.2 Å². The molecule has 0 fully saturated rings. The first-order valence-electron chi connectivity index (χ1n) is 8.34. The Kier molecular flexibility index (Phi) is 5.47. The molecule has 2 rings (SSSR count). The molecule has 1 heterocycles. The Labute approximate surface area is 139 Å². The Bertz CT molecular complexity index is 700. The predicted molar refractivity (Wildman–Crippen MR) is 97.0 cm³/mol. The summed E-state index contributed by atoms with van der Waals surface area (Å²) < 4.78 is 0. The Morgan fingerprint density at radius 1 is 1.13 bits per heavy atom. The fraction of sp³-hybridized carbons (Fsp3) is 0.526. The molecular weight excluding hydrogens is 286 g/mol. The van der Waals surface area contributed by atoms with Crippen LogP contribution in [0.4, 0.5) is 0 Å². The fourth-order valence-electron chi connectivity index (χ4n) is 3.20. The molecule has 1 N–H and O–H groups in total. The van der Waals surface area contributed by atoms with Gasteiger partial charge in [-0.1, -0.05) is 6.07 Å². The number of nitrogens with zero attached hydrogens (tertiary/aromatic N) is 2. The SMILES string of the molecule is CCN(CCN(C)C)C(=O)Cc1c(C)[nH]c2cc(C)cc(C)c12. The van der Waals surface area contributed by atoms with Crippen LogP contribution in [0.15, 0.2) is 12.1 Å². The molecule has 0 radical (unpaired) electrons. The zero-order valence-electron chi connectivity index (χ0n) is 15.3. The summed E-state index contributed by atoms with van der Waals surface area (Å²) >= 11 is 0. The molecule has 0 saturated heterocycles. The zero-order chi connectivity index (χ0) is 17.1. The Balaban J connectivity index is 2.27. The Morgan fingerprint density at radius 2 is 1.83 bits per heavy atom. The highest BCUT2D eigenvalue weighted by Gasteiger charge is 2.18. The summed E-state index contributed by atoms with van der Waals surface area (Å²) in [5.74, 6) is 0.207. The van der Waals surface area contributed by atoms with Gasteiger partial charge < -0.3 is 14.8 Å². The molecule has 0 atom stereocenters. The van der Waals surface area contributed by atoms with Gasteiger partial charge in [-0.05, 0) is 64.5 Å². The molecule has 0 bridgehead atoms. The number of likely N-dealkylation sites (N-methyl/N-ethyl adjacent to an activating group) is 2. The highest BCUT2D eigenvalue weighted by molar-refractivity contribution is 5.92. The molecule has 1 aromatic heterocycles. The van der Waals surface area contributed by atoms with Gasteiger partial charge in [-0.2, -0.15) is 0 Å². The summed E-state index contributed by atoms with van der Waals surface area (Å²) in [4.78, 5) is 20.2. The molecule has 1 amide bonds. The average Bonchev–Trinajstić information content (AvgIpc) is 2.75. The lowest BCUT2D eigenvalue weighted by Crippen LogP contribution is -2.37. The van der Waals surface area contributed by atoms with Gasteiger partial charge in [-0.15, -0.1) is 0 Å². The van der Waals surface area contributed by atoms with Gasteiger partial charge in [0.25, 0.3) is 0 Å². The van der Waals surface area contributed by atoms with Crippen molar-refractivity contribution in [1.82, 2.24) is 14.8 Å². The number of nitrogens with one attached hydrogen (secondary N) is 1. The first-order chi connectivity index (χ1) is 10.8. The minimum atomic E-state index is 0.207. The molecule has 0 aliphatic heterocycles. The normalized spacial score (nSPS) is 11.4. The van der Waals surface area contributed by atoms with E-state index in [1.54, 1.807) is 0 Å². The lowest BCUT2D eigenvalue weighted by Gasteiger charge is -2.23. The first-order valence-corrected chi connectivity index (χ1v) is 8.34. The number of aryl methyl sites for hydroxylation is 3. The molecular formula is C19H29N3O. The number of carbonyl (C=O) groups excluding carboxylic acids is 1. The molecule has 0 saturated carbocycles. The van der Waals surface area contributed by atoms with E-state index in [0.29, 0.717) is 6.42 Å². The van der Waals surface area contributed by atoms with Gasteiger partial charge in [0.2, 0.25) is 5.91 Å². The van der Waals surface area contributed by atoms with Crippen LogP contribution >= 0.6 is 0 Å². The predicted octanol–water partition coefficient (Wildman–Crippen LogP) is 3.05. The average molecular weight is 315 g/mol. The lowest BCUT2D eigenvalue weighted by atomic mass is 10.0. The highest BCUT2D eigenvalue weighted by Crippen LogP contribution is 2.27. The number of carbonyl (C=O) groups is 1. The number of hydrogen-bond acceptors (Lipinski definition) is 2. The number of amides is 1. The van der Waals surface area contributed by atoms with Crippen LogP contribution in [0.2, 0.25) is 0 Å². The van der Waals surface area contributed by atoms with E-state index in [9.17, 15) is 4.79 Å². The number of benzene rings is 1. The van der Waals surface area contributed by atoms with Gasteiger partial charge in [0, 0.05) is 36.2 Å². The Morgan fingerprint density at radius 3 is 2.43 bits per heavy atom. The van der Waals surface area contributed by atoms with Crippen molar-refractivity contribution in [3.8, 4) is 0 Å². The van der Waals surface area contributed by atoms with Crippen molar-refractivity contribution in [2.45, 2.75) is 34.1 Å². The maximum Gasteiger partial charge on any atom is 0.227 e. The topological polar surface area (TPSA) is 39.3 Å². The first kappa shape index (κ1) is 17.5. The van der Waals surface area contributed by atoms with E-state index < -0.39 is 0 Å². The summed E-state index contributed by atoms with van der Waals surface area (Å²) in [6, 6.07) is 4.35. The fourth-order valence-corrected chi connectivity index (χ4v) is 3.20. The summed E-state index contributed by atoms with van der Waals surface area (Å²) in [5, 5.41) is 1.21. The van der Waals surface area contributed by atoms with Crippen LogP contribution < -0.4 is 0 Å². The summed E-state index contributed by atoms with van der Waals surface area (Å²) in [6.07, 6.45) is 0.469. The molecule has 126 valence electrons. The summed E-state index contributed by atoms with van der Waals surface area (Å²) in [6.45, 7) is 10.8. The zero-order valence-corrected chi connectivity index (χ0v) is 15.3. The number of H-pyrrole nitrogens is 1. The van der Waals surface area contributed by atoms with E-state index in [2.05, 4.69) is 42.8 Å². The van der Waals surface area contributed by atoms with Crippen LogP contribution in [0.1, 0.15) is 29.3 Å². The molecule has 4 nitrogen and oxygen atoms in total. The number of hydrogen-bond donors (Lipinski definition) is 1. The molecule has 0 aliphatic rings. The second-order valence-corrected chi connectivity index (χ2v) is 6.69. The van der Waals surface area contributed by atoms with Gasteiger partial charge in [0.15, 0.2) is 0 Å². The van der Waals surface area contributed by atoms with Crippen LogP contribution in [0.25, 0.3) is 10.9 Å². The Hall–Kier alpha value is -1.81. The van der Waals surface area contributed by atoms with Gasteiger partial charge in [0.1, 0.15) is 0 Å². The van der Waals surface area contributed by atoms with Crippen LogP contribution in [0.3, 0.4) is 0 Å². The standard InChI is InChI=1S/C19H29N3O/c1-7-22(9-8-21(5)6)18(23)12-16-15(4)20-17-11-13(2)10-14(3)19(16)17/h10-11,20H,7-9,12H2,1-6H3. The smallest absolute Gasteiger partial charge is 0.227 e. The van der Waals surface area contributed by atoms with E-state index in [1.807, 2.05) is 25.9 Å². The van der Waals surface area contributed by atoms with Crippen LogP contribution in [0.5, 0.6) is 0 Å². The van der Waals surface area contributed by atoms with E-state index >= 15 is 0 Å². The van der Waals surface area contributed by atoms with Crippen molar-refractivity contribution in [2.24, 2.45) is 0 Å². The summed E-state index contributed by atoms with van der Waals surface area (Å²) in [7, 11) is 4.07. The molecule has 0 unspecified atom stereocenters. The second-order valence-electron chi connectivity index (χ2n) is 6.69. The second kappa shape index (κ2) is 7.18. The van der Waals surface area contributed by atoms with Crippen LogP contribution in [0, 0.1) is 20.8 Å². The molecule has 4 heteroatoms. The lowest BCUT2D eigenvalue weighted by molar-refractivity contribution is -0.130. The largest absolute Gasteiger partial charge is 0.358 e. The molecule has 2 aromatic rings. The van der Waals surface area contributed by atoms with Gasteiger partial charge in [-0.25, -0.2) is 0 Å². The minimum Gasteiger partial charge on any atom is -0.358 e. The number of fused-ring (bicyclic) bond motifs is 1. The number of rotatable bonds is 6. The van der Waals surface area contributed by atoms with Crippen molar-refractivity contribution >= 4 is 16.8 Å². The third kappa shape index (κ3) is 3.94. The highest BCUT2D eigenvalue weighted by atomic mass is 16.2. The van der Waals surface area contributed by atoms with Gasteiger partial charge >= 0.3 is 0 Å². The molecule has 23 heavy (non-hydrogen) atoms. The molecule has 0 spiro atoms. The number of aromatic amines is 1. The van der Waals surface area contributed by atoms with Crippen molar-refractivity contribution in [3.63, 3.8) is 0 Å².